The third kappa shape index (κ3) is 6.30. The summed E-state index contributed by atoms with van der Waals surface area (Å²) < 4.78 is 11.9. The van der Waals surface area contributed by atoms with Gasteiger partial charge in [-0.3, -0.25) is 9.78 Å². The molecule has 1 fully saturated rings. The van der Waals surface area contributed by atoms with Crippen molar-refractivity contribution < 1.29 is 14.3 Å². The van der Waals surface area contributed by atoms with Gasteiger partial charge < -0.3 is 25.4 Å². The third-order valence-corrected chi connectivity index (χ3v) is 6.81. The number of halogens is 1. The van der Waals surface area contributed by atoms with Crippen molar-refractivity contribution in [1.82, 2.24) is 19.9 Å². The van der Waals surface area contributed by atoms with E-state index in [4.69, 9.17) is 26.8 Å². The summed E-state index contributed by atoms with van der Waals surface area (Å²) in [7, 11) is 2.14. The van der Waals surface area contributed by atoms with Crippen LogP contribution in [0, 0.1) is 5.92 Å². The Kier molecular flexibility index (Phi) is 7.86. The number of hydrogen-bond donors (Lipinski definition) is 2. The normalized spacial score (nSPS) is 14.4. The fourth-order valence-electron chi connectivity index (χ4n) is 4.35. The SMILES string of the molecule is CN1CCC(COc2ccc3c(C(N)=O)nc(Nc4ccc(OCc5ccccn5)c(Cl)c4)nc3c2)CC1. The first-order valence-electron chi connectivity index (χ1n) is 12.5. The number of carbonyl (C=O) groups is 1. The lowest BCUT2D eigenvalue weighted by atomic mass is 9.98. The second kappa shape index (κ2) is 11.6. The first-order chi connectivity index (χ1) is 18.4. The molecule has 0 radical (unpaired) electrons. The number of hydrogen-bond acceptors (Lipinski definition) is 8. The van der Waals surface area contributed by atoms with E-state index in [-0.39, 0.29) is 11.6 Å². The van der Waals surface area contributed by atoms with Crippen molar-refractivity contribution in [2.24, 2.45) is 11.7 Å². The molecule has 1 aliphatic heterocycles. The predicted octanol–water partition coefficient (Wildman–Crippen LogP) is 4.82. The number of piperidine rings is 1. The Bertz CT molecular complexity index is 1430. The van der Waals surface area contributed by atoms with Crippen LogP contribution in [0.1, 0.15) is 29.0 Å². The van der Waals surface area contributed by atoms with Gasteiger partial charge in [-0.05, 0) is 81.4 Å². The van der Waals surface area contributed by atoms with Crippen molar-refractivity contribution in [1.29, 1.82) is 0 Å². The zero-order valence-corrected chi connectivity index (χ0v) is 21.8. The first-order valence-corrected chi connectivity index (χ1v) is 12.8. The van der Waals surface area contributed by atoms with E-state index in [1.807, 2.05) is 30.3 Å². The van der Waals surface area contributed by atoms with Crippen LogP contribution in [0.4, 0.5) is 11.6 Å². The maximum absolute atomic E-state index is 12.2. The van der Waals surface area contributed by atoms with E-state index in [1.165, 1.54) is 0 Å². The van der Waals surface area contributed by atoms with E-state index in [1.54, 1.807) is 30.5 Å². The number of ether oxygens (including phenoxy) is 2. The van der Waals surface area contributed by atoms with Crippen LogP contribution < -0.4 is 20.5 Å². The molecule has 1 aliphatic rings. The van der Waals surface area contributed by atoms with Crippen molar-refractivity contribution in [3.05, 3.63) is 77.2 Å². The lowest BCUT2D eigenvalue weighted by Crippen LogP contribution is -2.32. The Morgan fingerprint density at radius 3 is 2.68 bits per heavy atom. The summed E-state index contributed by atoms with van der Waals surface area (Å²) in [5, 5.41) is 4.08. The average Bonchev–Trinajstić information content (AvgIpc) is 2.92. The van der Waals surface area contributed by atoms with Gasteiger partial charge in [-0.15, -0.1) is 0 Å². The van der Waals surface area contributed by atoms with Crippen molar-refractivity contribution >= 4 is 40.0 Å². The second-order valence-electron chi connectivity index (χ2n) is 9.38. The van der Waals surface area contributed by atoms with Crippen LogP contribution in [0.2, 0.25) is 5.02 Å². The van der Waals surface area contributed by atoms with Gasteiger partial charge in [0.25, 0.3) is 5.91 Å². The molecule has 3 heterocycles. The highest BCUT2D eigenvalue weighted by Gasteiger charge is 2.18. The van der Waals surface area contributed by atoms with Crippen LogP contribution >= 0.6 is 11.6 Å². The van der Waals surface area contributed by atoms with Crippen LogP contribution in [0.15, 0.2) is 60.8 Å². The highest BCUT2D eigenvalue weighted by molar-refractivity contribution is 6.32. The van der Waals surface area contributed by atoms with Gasteiger partial charge in [0.1, 0.15) is 23.8 Å². The Balaban J connectivity index is 1.32. The summed E-state index contributed by atoms with van der Waals surface area (Å²) in [5.41, 5.74) is 7.74. The Morgan fingerprint density at radius 2 is 1.95 bits per heavy atom. The molecule has 10 heteroatoms. The maximum atomic E-state index is 12.2. The number of likely N-dealkylation sites (tertiary alicyclic amines) is 1. The summed E-state index contributed by atoms with van der Waals surface area (Å²) in [5.74, 6) is 1.31. The highest BCUT2D eigenvalue weighted by Crippen LogP contribution is 2.30. The van der Waals surface area contributed by atoms with E-state index < -0.39 is 5.91 Å². The van der Waals surface area contributed by atoms with Gasteiger partial charge in [-0.1, -0.05) is 17.7 Å². The molecule has 2 aromatic heterocycles. The molecule has 1 saturated heterocycles. The smallest absolute Gasteiger partial charge is 0.268 e. The Labute approximate surface area is 226 Å². The molecule has 2 aromatic carbocycles. The molecule has 4 aromatic rings. The number of aromatic nitrogens is 3. The van der Waals surface area contributed by atoms with E-state index in [9.17, 15) is 4.79 Å². The van der Waals surface area contributed by atoms with Crippen LogP contribution in [-0.4, -0.2) is 52.5 Å². The van der Waals surface area contributed by atoms with Crippen molar-refractivity contribution in [2.75, 3.05) is 32.1 Å². The van der Waals surface area contributed by atoms with Crippen molar-refractivity contribution in [3.63, 3.8) is 0 Å². The van der Waals surface area contributed by atoms with E-state index in [0.29, 0.717) is 52.2 Å². The molecule has 1 amide bonds. The molecule has 0 unspecified atom stereocenters. The molecule has 0 spiro atoms. The number of benzene rings is 2. The van der Waals surface area contributed by atoms with Gasteiger partial charge in [-0.2, -0.15) is 0 Å². The molecule has 0 bridgehead atoms. The lowest BCUT2D eigenvalue weighted by molar-refractivity contribution is 0.0997. The number of primary amides is 1. The molecule has 0 atom stereocenters. The van der Waals surface area contributed by atoms with Crippen molar-refractivity contribution in [3.8, 4) is 11.5 Å². The summed E-state index contributed by atoms with van der Waals surface area (Å²) in [6.07, 6.45) is 3.94. The highest BCUT2D eigenvalue weighted by atomic mass is 35.5. The molecule has 5 rings (SSSR count). The van der Waals surface area contributed by atoms with Gasteiger partial charge >= 0.3 is 0 Å². The zero-order chi connectivity index (χ0) is 26.5. The second-order valence-corrected chi connectivity index (χ2v) is 9.78. The number of rotatable bonds is 9. The number of carbonyl (C=O) groups excluding carboxylic acids is 1. The fourth-order valence-corrected chi connectivity index (χ4v) is 4.58. The standard InChI is InChI=1S/C28H29ClN6O3/c1-35-12-9-18(10-13-35)16-37-21-6-7-22-24(15-21)33-28(34-26(22)27(30)36)32-19-5-8-25(23(29)14-19)38-17-20-4-2-3-11-31-20/h2-8,11,14-15,18H,9-10,12-13,16-17H2,1H3,(H2,30,36)(H,32,33,34). The Morgan fingerprint density at radius 1 is 1.11 bits per heavy atom. The molecule has 9 nitrogen and oxygen atoms in total. The summed E-state index contributed by atoms with van der Waals surface area (Å²) in [4.78, 5) is 27.7. The summed E-state index contributed by atoms with van der Waals surface area (Å²) in [6, 6.07) is 16.3. The number of amides is 1. The zero-order valence-electron chi connectivity index (χ0n) is 21.1. The minimum atomic E-state index is -0.642. The Hall–Kier alpha value is -3.95. The molecule has 0 saturated carbocycles. The van der Waals surface area contributed by atoms with Gasteiger partial charge in [-0.25, -0.2) is 9.97 Å². The van der Waals surface area contributed by atoms with Crippen molar-refractivity contribution in [2.45, 2.75) is 19.4 Å². The topological polar surface area (TPSA) is 115 Å². The minimum Gasteiger partial charge on any atom is -0.493 e. The quantitative estimate of drug-likeness (QED) is 0.315. The molecular formula is C28H29ClN6O3. The van der Waals surface area contributed by atoms with E-state index >= 15 is 0 Å². The number of fused-ring (bicyclic) bond motifs is 1. The van der Waals surface area contributed by atoms with Crippen LogP contribution in [0.3, 0.4) is 0 Å². The minimum absolute atomic E-state index is 0.126. The van der Waals surface area contributed by atoms with Gasteiger partial charge in [0, 0.05) is 23.3 Å². The summed E-state index contributed by atoms with van der Waals surface area (Å²) in [6.45, 7) is 3.10. The molecule has 196 valence electrons. The van der Waals surface area contributed by atoms with Crippen LogP contribution in [-0.2, 0) is 6.61 Å². The first kappa shape index (κ1) is 25.7. The number of nitrogens with zero attached hydrogens (tertiary/aromatic N) is 4. The van der Waals surface area contributed by atoms with Gasteiger partial charge in [0.15, 0.2) is 0 Å². The molecule has 3 N–H and O–H groups in total. The average molecular weight is 533 g/mol. The van der Waals surface area contributed by atoms with Crippen LogP contribution in [0.5, 0.6) is 11.5 Å². The van der Waals surface area contributed by atoms with Gasteiger partial charge in [0.2, 0.25) is 5.95 Å². The molecular weight excluding hydrogens is 504 g/mol. The number of anilines is 2. The van der Waals surface area contributed by atoms with Crippen LogP contribution in [0.25, 0.3) is 10.9 Å². The third-order valence-electron chi connectivity index (χ3n) is 6.52. The molecule has 0 aliphatic carbocycles. The largest absolute Gasteiger partial charge is 0.493 e. The van der Waals surface area contributed by atoms with E-state index in [2.05, 4.69) is 32.2 Å². The maximum Gasteiger partial charge on any atom is 0.268 e. The molecule has 38 heavy (non-hydrogen) atoms. The van der Waals surface area contributed by atoms with Gasteiger partial charge in [0.05, 0.1) is 22.8 Å². The van der Waals surface area contributed by atoms with E-state index in [0.717, 1.165) is 31.6 Å². The number of nitrogens with two attached hydrogens (primary N) is 1. The number of nitrogens with one attached hydrogen (secondary N) is 1. The predicted molar refractivity (Wildman–Crippen MR) is 147 cm³/mol. The summed E-state index contributed by atoms with van der Waals surface area (Å²) >= 11 is 6.45. The monoisotopic (exact) mass is 532 g/mol. The fraction of sp³-hybridized carbons (Fsp3) is 0.286. The lowest BCUT2D eigenvalue weighted by Gasteiger charge is -2.28. The number of pyridine rings is 1.